The molecule has 2 aliphatic rings. The second kappa shape index (κ2) is 11.5. The zero-order chi connectivity index (χ0) is 27.7. The number of carbonyl (C=O) groups excluding carboxylic acids is 2. The smallest absolute Gasteiger partial charge is 0.340 e. The first kappa shape index (κ1) is 27.4. The summed E-state index contributed by atoms with van der Waals surface area (Å²) >= 11 is 1.32. The van der Waals surface area contributed by atoms with Crippen LogP contribution in [0.4, 0.5) is 4.39 Å². The summed E-state index contributed by atoms with van der Waals surface area (Å²) in [5.41, 5.74) is 2.01. The maximum Gasteiger partial charge on any atom is 0.340 e. The number of nitrogens with one attached hydrogen (secondary N) is 1. The van der Waals surface area contributed by atoms with Crippen molar-refractivity contribution in [2.75, 3.05) is 12.4 Å². The summed E-state index contributed by atoms with van der Waals surface area (Å²) in [6.45, 7) is 7.80. The number of halogens is 1. The Morgan fingerprint density at radius 1 is 1.21 bits per heavy atom. The summed E-state index contributed by atoms with van der Waals surface area (Å²) in [4.78, 5) is 28.7. The lowest BCUT2D eigenvalue weighted by molar-refractivity contribution is 0.0525. The lowest BCUT2D eigenvalue weighted by Gasteiger charge is -2.30. The molecule has 8 nitrogen and oxygen atoms in total. The topological polar surface area (TPSA) is 99.1 Å². The van der Waals surface area contributed by atoms with Gasteiger partial charge >= 0.3 is 5.97 Å². The van der Waals surface area contributed by atoms with E-state index in [2.05, 4.69) is 26.7 Å². The fourth-order valence-corrected chi connectivity index (χ4v) is 7.35. The van der Waals surface area contributed by atoms with Crippen LogP contribution in [0.25, 0.3) is 0 Å². The van der Waals surface area contributed by atoms with Crippen molar-refractivity contribution in [2.24, 2.45) is 17.8 Å². The highest BCUT2D eigenvalue weighted by Crippen LogP contribution is 2.52. The number of esters is 1. The summed E-state index contributed by atoms with van der Waals surface area (Å²) in [6, 6.07) is 6.43. The molecular formula is C29H35FN4O4S. The van der Waals surface area contributed by atoms with E-state index in [4.69, 9.17) is 9.47 Å². The van der Waals surface area contributed by atoms with Gasteiger partial charge in [0, 0.05) is 11.7 Å². The third-order valence-corrected chi connectivity index (χ3v) is 9.22. The molecular weight excluding hydrogens is 519 g/mol. The van der Waals surface area contributed by atoms with Crippen molar-refractivity contribution in [1.82, 2.24) is 19.7 Å². The lowest BCUT2D eigenvalue weighted by Crippen LogP contribution is -2.24. The highest BCUT2D eigenvalue weighted by molar-refractivity contribution is 7.99. The van der Waals surface area contributed by atoms with Gasteiger partial charge in [-0.25, -0.2) is 9.18 Å². The van der Waals surface area contributed by atoms with E-state index in [9.17, 15) is 14.0 Å². The number of ether oxygens (including phenoxy) is 2. The molecule has 1 aromatic carbocycles. The first-order valence-electron chi connectivity index (χ1n) is 13.6. The number of aromatic nitrogens is 4. The van der Waals surface area contributed by atoms with Crippen LogP contribution in [-0.4, -0.2) is 43.9 Å². The highest BCUT2D eigenvalue weighted by Gasteiger charge is 2.43. The summed E-state index contributed by atoms with van der Waals surface area (Å²) in [5.74, 6) is 1.86. The van der Waals surface area contributed by atoms with E-state index in [1.807, 2.05) is 0 Å². The van der Waals surface area contributed by atoms with E-state index in [-0.39, 0.29) is 36.5 Å². The number of aromatic amines is 1. The summed E-state index contributed by atoms with van der Waals surface area (Å²) < 4.78 is 27.2. The molecule has 2 heterocycles. The number of para-hydroxylation sites is 1. The number of aryl methyl sites for hydroxylation is 1. The maximum atomic E-state index is 14.2. The van der Waals surface area contributed by atoms with Crippen LogP contribution in [-0.2, 0) is 11.3 Å². The molecule has 2 bridgehead atoms. The van der Waals surface area contributed by atoms with Crippen molar-refractivity contribution < 1.29 is 23.5 Å². The number of rotatable bonds is 11. The number of hydrogen-bond donors (Lipinski definition) is 1. The quantitative estimate of drug-likeness (QED) is 0.174. The third-order valence-electron chi connectivity index (χ3n) is 8.28. The number of fused-ring (bicyclic) bond motifs is 2. The van der Waals surface area contributed by atoms with Crippen LogP contribution < -0.4 is 4.74 Å². The molecule has 0 saturated heterocycles. The molecule has 2 saturated carbocycles. The SMILES string of the molecule is CCOC(=O)c1c(C)[nH]c(C(=O)CSc2nnc(COc3ccccc3F)n2[C@@H](C)[C@@H]2C[C@H]3CC[C@H]2C3)c1C. The fraction of sp³-hybridized carbons (Fsp3) is 0.517. The molecule has 0 spiro atoms. The normalized spacial score (nSPS) is 20.8. The van der Waals surface area contributed by atoms with Gasteiger partial charge in [-0.15, -0.1) is 10.2 Å². The zero-order valence-corrected chi connectivity index (χ0v) is 23.6. The van der Waals surface area contributed by atoms with Crippen molar-refractivity contribution in [1.29, 1.82) is 0 Å². The number of thioether (sulfide) groups is 1. The van der Waals surface area contributed by atoms with Gasteiger partial charge in [0.25, 0.3) is 0 Å². The van der Waals surface area contributed by atoms with Gasteiger partial charge in [-0.05, 0) is 82.4 Å². The first-order valence-corrected chi connectivity index (χ1v) is 14.6. The Labute approximate surface area is 232 Å². The lowest BCUT2D eigenvalue weighted by atomic mass is 9.84. The summed E-state index contributed by atoms with van der Waals surface area (Å²) in [7, 11) is 0. The minimum atomic E-state index is -0.436. The van der Waals surface area contributed by atoms with Gasteiger partial charge in [0.1, 0.15) is 6.61 Å². The first-order chi connectivity index (χ1) is 18.8. The number of nitrogens with zero attached hydrogens (tertiary/aromatic N) is 3. The molecule has 5 rings (SSSR count). The van der Waals surface area contributed by atoms with Gasteiger partial charge in [0.05, 0.1) is 23.6 Å². The zero-order valence-electron chi connectivity index (χ0n) is 22.8. The van der Waals surface area contributed by atoms with Crippen molar-refractivity contribution in [3.8, 4) is 5.75 Å². The standard InChI is InChI=1S/C29H35FN4O4S/c1-5-37-28(36)26-16(2)27(31-17(26)3)23(35)15-39-29-33-32-25(14-38-24-9-7-6-8-22(24)30)34(29)18(4)21-13-19-10-11-20(21)12-19/h6-9,18-21,31H,5,10-15H2,1-4H3/t18-,19-,20-,21-/m0/s1. The predicted octanol–water partition coefficient (Wildman–Crippen LogP) is 6.09. The van der Waals surface area contributed by atoms with E-state index >= 15 is 0 Å². The average Bonchev–Trinajstić information content (AvgIpc) is 3.70. The van der Waals surface area contributed by atoms with E-state index in [1.165, 1.54) is 43.5 Å². The van der Waals surface area contributed by atoms with Gasteiger partial charge in [-0.1, -0.05) is 30.3 Å². The van der Waals surface area contributed by atoms with Crippen molar-refractivity contribution in [3.05, 3.63) is 58.4 Å². The van der Waals surface area contributed by atoms with Crippen LogP contribution in [0.15, 0.2) is 29.4 Å². The van der Waals surface area contributed by atoms with Gasteiger partial charge in [0.15, 0.2) is 28.3 Å². The minimum Gasteiger partial charge on any atom is -0.483 e. The molecule has 0 radical (unpaired) electrons. The second-order valence-electron chi connectivity index (χ2n) is 10.6. The summed E-state index contributed by atoms with van der Waals surface area (Å²) in [5, 5.41) is 9.48. The molecule has 2 aromatic heterocycles. The number of carbonyl (C=O) groups is 2. The van der Waals surface area contributed by atoms with Gasteiger partial charge < -0.3 is 14.5 Å². The number of hydrogen-bond acceptors (Lipinski definition) is 7. The largest absolute Gasteiger partial charge is 0.483 e. The van der Waals surface area contributed by atoms with E-state index in [1.54, 1.807) is 39.0 Å². The summed E-state index contributed by atoms with van der Waals surface area (Å²) in [6.07, 6.45) is 5.00. The van der Waals surface area contributed by atoms with Gasteiger partial charge in [0.2, 0.25) is 0 Å². The molecule has 0 amide bonds. The molecule has 208 valence electrons. The average molecular weight is 555 g/mol. The van der Waals surface area contributed by atoms with Gasteiger partial charge in [-0.3, -0.25) is 9.36 Å². The minimum absolute atomic E-state index is 0.0748. The molecule has 1 N–H and O–H groups in total. The predicted molar refractivity (Wildman–Crippen MR) is 146 cm³/mol. The van der Waals surface area contributed by atoms with Crippen molar-refractivity contribution >= 4 is 23.5 Å². The Morgan fingerprint density at radius 2 is 2.00 bits per heavy atom. The Balaban J connectivity index is 1.36. The van der Waals surface area contributed by atoms with Crippen molar-refractivity contribution in [3.63, 3.8) is 0 Å². The van der Waals surface area contributed by atoms with Crippen LogP contribution in [0.5, 0.6) is 5.75 Å². The van der Waals surface area contributed by atoms with E-state index in [0.717, 1.165) is 5.92 Å². The van der Waals surface area contributed by atoms with Crippen LogP contribution in [0.1, 0.15) is 83.5 Å². The number of H-pyrrole nitrogens is 1. The number of ketones is 1. The van der Waals surface area contributed by atoms with Gasteiger partial charge in [-0.2, -0.15) is 0 Å². The Hall–Kier alpha value is -3.14. The fourth-order valence-electron chi connectivity index (χ4n) is 6.43. The number of benzene rings is 1. The molecule has 3 aromatic rings. The Kier molecular flexibility index (Phi) is 8.11. The Morgan fingerprint density at radius 3 is 2.69 bits per heavy atom. The second-order valence-corrected chi connectivity index (χ2v) is 11.6. The van der Waals surface area contributed by atoms with E-state index in [0.29, 0.717) is 45.3 Å². The van der Waals surface area contributed by atoms with Crippen molar-refractivity contribution in [2.45, 2.75) is 71.2 Å². The third kappa shape index (κ3) is 5.48. The highest BCUT2D eigenvalue weighted by atomic mass is 32.2. The molecule has 2 fully saturated rings. The van der Waals surface area contributed by atoms with E-state index < -0.39 is 11.8 Å². The maximum absolute atomic E-state index is 14.2. The molecule has 2 aliphatic carbocycles. The van der Waals surface area contributed by atoms with Crippen LogP contribution >= 0.6 is 11.8 Å². The molecule has 0 unspecified atom stereocenters. The molecule has 4 atom stereocenters. The molecule has 0 aliphatic heterocycles. The van der Waals surface area contributed by atoms with Crippen LogP contribution in [0.2, 0.25) is 0 Å². The molecule has 39 heavy (non-hydrogen) atoms. The van der Waals surface area contributed by atoms with Crippen LogP contribution in [0, 0.1) is 37.4 Å². The van der Waals surface area contributed by atoms with Crippen LogP contribution in [0.3, 0.4) is 0 Å². The monoisotopic (exact) mass is 554 g/mol. The molecule has 10 heteroatoms. The Bertz CT molecular complexity index is 1370. The number of Topliss-reactive ketones (excluding diaryl/α,β-unsaturated/α-hetero) is 1.